The van der Waals surface area contributed by atoms with Crippen molar-refractivity contribution in [2.75, 3.05) is 5.32 Å². The Hall–Kier alpha value is -3.62. The van der Waals surface area contributed by atoms with E-state index in [1.54, 1.807) is 0 Å². The number of nitrogens with one attached hydrogen (secondary N) is 1. The number of pyridine rings is 1. The van der Waals surface area contributed by atoms with Gasteiger partial charge in [-0.25, -0.2) is 23.2 Å². The number of aromatic carboxylic acids is 1. The van der Waals surface area contributed by atoms with E-state index in [1.165, 1.54) is 28.9 Å². The van der Waals surface area contributed by atoms with Gasteiger partial charge in [0.2, 0.25) is 0 Å². The molecule has 9 heteroatoms. The van der Waals surface area contributed by atoms with Crippen molar-refractivity contribution in [3.8, 4) is 5.69 Å². The van der Waals surface area contributed by atoms with E-state index in [1.807, 2.05) is 0 Å². The molecule has 0 spiro atoms. The van der Waals surface area contributed by atoms with E-state index in [0.717, 1.165) is 29.8 Å². The molecule has 1 aromatic carbocycles. The van der Waals surface area contributed by atoms with Crippen LogP contribution in [0.25, 0.3) is 5.69 Å². The van der Waals surface area contributed by atoms with E-state index < -0.39 is 23.5 Å². The van der Waals surface area contributed by atoms with Crippen LogP contribution in [-0.4, -0.2) is 31.7 Å². The largest absolute Gasteiger partial charge is 0.477 e. The Balaban J connectivity index is 1.53. The minimum Gasteiger partial charge on any atom is -0.477 e. The van der Waals surface area contributed by atoms with Crippen LogP contribution in [0.15, 0.2) is 36.4 Å². The molecule has 1 fully saturated rings. The zero-order valence-electron chi connectivity index (χ0n) is 14.9. The zero-order valence-corrected chi connectivity index (χ0v) is 14.9. The first-order valence-electron chi connectivity index (χ1n) is 9.01. The number of carbonyl (C=O) groups excluding carboxylic acids is 1. The van der Waals surface area contributed by atoms with E-state index in [4.69, 9.17) is 5.11 Å². The Labute approximate surface area is 163 Å². The summed E-state index contributed by atoms with van der Waals surface area (Å²) in [7, 11) is 0. The fourth-order valence-corrected chi connectivity index (χ4v) is 3.93. The molecular formula is C20H14F2N4O3. The number of aromatic nitrogens is 3. The summed E-state index contributed by atoms with van der Waals surface area (Å²) in [6.45, 7) is 0. The highest BCUT2D eigenvalue weighted by Gasteiger charge is 2.50. The monoisotopic (exact) mass is 396 g/mol. The number of nitrogens with zero attached hydrogens (tertiary/aromatic N) is 3. The van der Waals surface area contributed by atoms with Gasteiger partial charge in [0.1, 0.15) is 17.3 Å². The third kappa shape index (κ3) is 2.86. The predicted octanol–water partition coefficient (Wildman–Crippen LogP) is 3.16. The first-order valence-corrected chi connectivity index (χ1v) is 9.01. The van der Waals surface area contributed by atoms with E-state index in [0.29, 0.717) is 12.3 Å². The highest BCUT2D eigenvalue weighted by atomic mass is 19.1. The van der Waals surface area contributed by atoms with Gasteiger partial charge in [-0.05, 0) is 43.0 Å². The summed E-state index contributed by atoms with van der Waals surface area (Å²) >= 11 is 0. The topological polar surface area (TPSA) is 97.1 Å². The lowest BCUT2D eigenvalue weighted by molar-refractivity contribution is 0.0690. The minimum atomic E-state index is -1.21. The Bertz CT molecular complexity index is 1190. The summed E-state index contributed by atoms with van der Waals surface area (Å²) in [5.41, 5.74) is 1.53. The number of hydrogen-bond acceptors (Lipinski definition) is 4. The second-order valence-electron chi connectivity index (χ2n) is 7.19. The molecule has 0 radical (unpaired) electrons. The van der Waals surface area contributed by atoms with Crippen molar-refractivity contribution in [1.29, 1.82) is 0 Å². The molecule has 7 nitrogen and oxygen atoms in total. The second kappa shape index (κ2) is 6.20. The maximum absolute atomic E-state index is 14.4. The minimum absolute atomic E-state index is 0.0781. The molecule has 0 bridgehead atoms. The van der Waals surface area contributed by atoms with Gasteiger partial charge in [0.15, 0.2) is 17.2 Å². The van der Waals surface area contributed by atoms with Crippen molar-refractivity contribution in [3.05, 3.63) is 70.7 Å². The summed E-state index contributed by atoms with van der Waals surface area (Å²) in [6.07, 6.45) is 1.61. The van der Waals surface area contributed by atoms with Gasteiger partial charge in [-0.15, -0.1) is 0 Å². The molecular weight excluding hydrogens is 382 g/mol. The van der Waals surface area contributed by atoms with Gasteiger partial charge in [-0.1, -0.05) is 6.07 Å². The van der Waals surface area contributed by atoms with Crippen molar-refractivity contribution in [2.45, 2.75) is 18.8 Å². The predicted molar refractivity (Wildman–Crippen MR) is 97.2 cm³/mol. The molecule has 3 aromatic rings. The maximum atomic E-state index is 14.4. The first-order chi connectivity index (χ1) is 13.9. The number of rotatable bonds is 4. The van der Waals surface area contributed by atoms with E-state index in [9.17, 15) is 18.4 Å². The normalized spacial score (nSPS) is 18.8. The number of carbonyl (C=O) groups is 2. The third-order valence-corrected chi connectivity index (χ3v) is 5.33. The van der Waals surface area contributed by atoms with Gasteiger partial charge in [0, 0.05) is 17.5 Å². The molecule has 2 heterocycles. The number of anilines is 1. The number of halogens is 2. The summed E-state index contributed by atoms with van der Waals surface area (Å²) < 4.78 is 29.0. The van der Waals surface area contributed by atoms with E-state index in [2.05, 4.69) is 15.4 Å². The average molecular weight is 396 g/mol. The van der Waals surface area contributed by atoms with Crippen LogP contribution in [-0.2, 0) is 6.42 Å². The molecule has 146 valence electrons. The smallest absolute Gasteiger partial charge is 0.354 e. The highest BCUT2D eigenvalue weighted by molar-refractivity contribution is 6.04. The number of benzene rings is 1. The van der Waals surface area contributed by atoms with Crippen molar-refractivity contribution in [1.82, 2.24) is 14.8 Å². The molecule has 2 aromatic heterocycles. The zero-order chi connectivity index (χ0) is 20.3. The van der Waals surface area contributed by atoms with Crippen LogP contribution >= 0.6 is 0 Å². The fourth-order valence-electron chi connectivity index (χ4n) is 3.93. The molecule has 0 unspecified atom stereocenters. The fraction of sp³-hybridized carbons (Fsp3) is 0.200. The van der Waals surface area contributed by atoms with Crippen molar-refractivity contribution >= 4 is 17.7 Å². The average Bonchev–Trinajstić information content (AvgIpc) is 3.18. The number of carboxylic acid groups (broad SMARTS) is 1. The van der Waals surface area contributed by atoms with E-state index >= 15 is 0 Å². The lowest BCUT2D eigenvalue weighted by atomic mass is 10.1. The van der Waals surface area contributed by atoms with Gasteiger partial charge in [0.25, 0.3) is 5.91 Å². The SMILES string of the molecule is O=C(O)c1cccc(NC(=O)c2nn(-c3ccc(F)cc3F)c3c2C[C@H]2C[C@@H]32)n1. The lowest BCUT2D eigenvalue weighted by Crippen LogP contribution is -2.17. The van der Waals surface area contributed by atoms with Gasteiger partial charge in [0.05, 0.1) is 5.69 Å². The molecule has 0 aliphatic heterocycles. The molecule has 2 aliphatic carbocycles. The molecule has 2 aliphatic rings. The van der Waals surface area contributed by atoms with Crippen LogP contribution in [0, 0.1) is 17.6 Å². The third-order valence-electron chi connectivity index (χ3n) is 5.33. The number of amides is 1. The van der Waals surface area contributed by atoms with E-state index in [-0.39, 0.29) is 28.8 Å². The van der Waals surface area contributed by atoms with Gasteiger partial charge >= 0.3 is 5.97 Å². The highest BCUT2D eigenvalue weighted by Crippen LogP contribution is 2.57. The number of carboxylic acids is 1. The Morgan fingerprint density at radius 3 is 2.79 bits per heavy atom. The Kier molecular flexibility index (Phi) is 3.73. The quantitative estimate of drug-likeness (QED) is 0.706. The molecule has 29 heavy (non-hydrogen) atoms. The maximum Gasteiger partial charge on any atom is 0.354 e. The van der Waals surface area contributed by atoms with Crippen molar-refractivity contribution in [2.24, 2.45) is 5.92 Å². The van der Waals surface area contributed by atoms with Crippen LogP contribution in [0.1, 0.15) is 44.6 Å². The van der Waals surface area contributed by atoms with Crippen LogP contribution < -0.4 is 5.32 Å². The lowest BCUT2D eigenvalue weighted by Gasteiger charge is -2.07. The number of hydrogen-bond donors (Lipinski definition) is 2. The van der Waals surface area contributed by atoms with Gasteiger partial charge in [-0.2, -0.15) is 5.10 Å². The summed E-state index contributed by atoms with van der Waals surface area (Å²) in [5.74, 6) is -2.54. The molecule has 2 N–H and O–H groups in total. The summed E-state index contributed by atoms with van der Waals surface area (Å²) in [4.78, 5) is 27.8. The molecule has 2 atom stereocenters. The standard InChI is InChI=1S/C20H14F2N4O3/c21-10-4-5-15(13(22)8-10)26-18-11-6-9(11)7-12(18)17(25-26)19(27)24-16-3-1-2-14(23-16)20(28)29/h1-5,8-9,11H,6-7H2,(H,28,29)(H,23,24,27)/t9-,11-/m1/s1. The van der Waals surface area contributed by atoms with Crippen LogP contribution in [0.4, 0.5) is 14.6 Å². The van der Waals surface area contributed by atoms with Gasteiger partial charge in [-0.3, -0.25) is 4.79 Å². The summed E-state index contributed by atoms with van der Waals surface area (Å²) in [5, 5.41) is 15.9. The molecule has 1 saturated carbocycles. The Morgan fingerprint density at radius 2 is 2.03 bits per heavy atom. The Morgan fingerprint density at radius 1 is 1.21 bits per heavy atom. The molecule has 1 amide bonds. The number of fused-ring (bicyclic) bond motifs is 3. The van der Waals surface area contributed by atoms with Crippen LogP contribution in [0.5, 0.6) is 0 Å². The summed E-state index contributed by atoms with van der Waals surface area (Å²) in [6, 6.07) is 7.48. The van der Waals surface area contributed by atoms with Crippen molar-refractivity contribution < 1.29 is 23.5 Å². The molecule has 5 rings (SSSR count). The van der Waals surface area contributed by atoms with Gasteiger partial charge < -0.3 is 10.4 Å². The van der Waals surface area contributed by atoms with Crippen LogP contribution in [0.3, 0.4) is 0 Å². The first kappa shape index (κ1) is 17.5. The molecule has 0 saturated heterocycles. The van der Waals surface area contributed by atoms with Crippen LogP contribution in [0.2, 0.25) is 0 Å². The van der Waals surface area contributed by atoms with Crippen molar-refractivity contribution in [3.63, 3.8) is 0 Å². The second-order valence-corrected chi connectivity index (χ2v) is 7.19.